The molecule has 5 aromatic heterocycles. The lowest BCUT2D eigenvalue weighted by Gasteiger charge is -2.44. The molecule has 2 aliphatic rings. The Balaban J connectivity index is 0.929. The number of furan rings is 2. The number of para-hydroxylation sites is 10. The van der Waals surface area contributed by atoms with Crippen molar-refractivity contribution >= 4 is 167 Å². The van der Waals surface area contributed by atoms with Crippen molar-refractivity contribution in [3.63, 3.8) is 0 Å². The van der Waals surface area contributed by atoms with Crippen LogP contribution in [-0.2, 0) is 0 Å². The second-order valence-electron chi connectivity index (χ2n) is 23.7. The van der Waals surface area contributed by atoms with E-state index in [0.717, 1.165) is 0 Å². The largest absolute Gasteiger partial charge is 0.452 e. The fourth-order valence-electron chi connectivity index (χ4n) is 15.0. The standard InChI is InChI=1S/C90H54BN5O2/c1-3-23-55(24-4-1)57-47-49-78-70(51-57)91-71-52-58(56-25-5-2-6-26-56)48-50-79(71)96(83-46-22-36-69-67-34-20-44-81(88(67)98-90(69)83)94-76-41-17-11-31-64(76)65-32-12-18-42-77(65)94)85-54-59(92-72-37-13-7-27-60(72)61-28-8-14-38-73(61)92)53-84(86(85)91)95(78)82-45-21-35-68-66-33-19-43-80(87(66)97-89(68)82)93-74-39-15-9-29-62(74)63-30-10-16-40-75(63)93/h1-54H/i1D,2D,3D,4D,5D,6D,7D,8D,9D,10D,11D,12D,13D,14D,15D,16D,17D,18D,23D,24D,25D,26D,27D,28D,29D,30D,31D,32D,37D,38D,39D,40D,41D,42D. The number of hydrogen-bond acceptors (Lipinski definition) is 4. The highest BCUT2D eigenvalue weighted by molar-refractivity contribution is 7.00. The topological polar surface area (TPSA) is 47.6 Å². The smallest absolute Gasteiger partial charge is 0.252 e. The molecule has 98 heavy (non-hydrogen) atoms. The molecular weight excluding hydrogens is 1190 g/mol. The van der Waals surface area contributed by atoms with E-state index in [-0.39, 0.29) is 178 Å². The zero-order valence-corrected chi connectivity index (χ0v) is 50.2. The van der Waals surface area contributed by atoms with Gasteiger partial charge in [-0.2, -0.15) is 0 Å². The van der Waals surface area contributed by atoms with Crippen molar-refractivity contribution in [1.82, 2.24) is 13.7 Å². The highest BCUT2D eigenvalue weighted by atomic mass is 16.3. The predicted molar refractivity (Wildman–Crippen MR) is 409 cm³/mol. The molecule has 20 aromatic rings. The quantitative estimate of drug-likeness (QED) is 0.149. The molecule has 15 aromatic carbocycles. The van der Waals surface area contributed by atoms with Crippen molar-refractivity contribution in [3.8, 4) is 39.3 Å². The van der Waals surface area contributed by atoms with Gasteiger partial charge in [-0.1, -0.05) is 242 Å². The second-order valence-corrected chi connectivity index (χ2v) is 23.7. The Morgan fingerprint density at radius 2 is 0.551 bits per heavy atom. The summed E-state index contributed by atoms with van der Waals surface area (Å²) in [5.41, 5.74) is -0.818. The Labute approximate surface area is 610 Å². The zero-order chi connectivity index (χ0) is 93.4. The SMILES string of the molecule is [2H]c1c([2H])c([2H])c(-c2ccc3c(c2)B2c4cc(-c5c([2H])c([2H])c([2H])c([2H])c5[2H])ccc4N(c4cccc5c4oc4c(-n6c7c([2H])c([2H])c([2H])c([2H])c7c7c([2H])c([2H])c([2H])c([2H])c76)cccc45)c4cc(-n5c6c([2H])c([2H])c([2H])c([2H])c6c6c([2H])c([2H])c([2H])c([2H])c65)cc(c42)N3c2cccc3c2oc2c(-n4c5c([2H])c([2H])c([2H])c([2H])c5c5c([2H])c([2H])c([2H])c([2H])c54)cccc23)c([2H])c1[2H]. The Bertz CT molecular complexity index is 8250. The predicted octanol–water partition coefficient (Wildman–Crippen LogP) is 22.2. The van der Waals surface area contributed by atoms with Crippen LogP contribution in [0.15, 0.2) is 336 Å². The van der Waals surface area contributed by atoms with Crippen molar-refractivity contribution in [3.05, 3.63) is 327 Å². The summed E-state index contributed by atoms with van der Waals surface area (Å²) in [6.45, 7) is -1.34. The average molecular weight is 1280 g/mol. The Morgan fingerprint density at radius 3 is 0.908 bits per heavy atom. The molecule has 2 aliphatic heterocycles. The van der Waals surface area contributed by atoms with Gasteiger partial charge >= 0.3 is 0 Å². The maximum atomic E-state index is 10.0. The first kappa shape index (κ1) is 30.6. The van der Waals surface area contributed by atoms with Crippen molar-refractivity contribution in [2.45, 2.75) is 0 Å². The van der Waals surface area contributed by atoms with E-state index >= 15 is 0 Å². The Morgan fingerprint density at radius 1 is 0.245 bits per heavy atom. The van der Waals surface area contributed by atoms with Crippen LogP contribution in [0.4, 0.5) is 34.1 Å². The summed E-state index contributed by atoms with van der Waals surface area (Å²) in [7, 11) is 0. The summed E-state index contributed by atoms with van der Waals surface area (Å²) in [6.07, 6.45) is 0. The van der Waals surface area contributed by atoms with E-state index in [1.807, 2.05) is 0 Å². The van der Waals surface area contributed by atoms with E-state index in [4.69, 9.17) is 28.0 Å². The van der Waals surface area contributed by atoms with Crippen LogP contribution in [0.3, 0.4) is 0 Å². The molecule has 0 fully saturated rings. The van der Waals surface area contributed by atoms with Crippen LogP contribution in [0.1, 0.15) is 46.6 Å². The van der Waals surface area contributed by atoms with E-state index in [0.29, 0.717) is 21.5 Å². The summed E-state index contributed by atoms with van der Waals surface area (Å²) in [6, 6.07) is 9.24. The van der Waals surface area contributed by atoms with Gasteiger partial charge in [0.05, 0.1) is 108 Å². The molecule has 0 saturated heterocycles. The third-order valence-corrected chi connectivity index (χ3v) is 18.9. The van der Waals surface area contributed by atoms with E-state index < -0.39 is 212 Å². The molecule has 454 valence electrons. The lowest BCUT2D eigenvalue weighted by molar-refractivity contribution is 0.666. The van der Waals surface area contributed by atoms with Crippen molar-refractivity contribution in [2.75, 3.05) is 9.80 Å². The van der Waals surface area contributed by atoms with Gasteiger partial charge in [-0.05, 0) is 123 Å². The number of hydrogen-bond donors (Lipinski definition) is 0. The highest BCUT2D eigenvalue weighted by Gasteiger charge is 2.45. The monoisotopic (exact) mass is 1280 g/mol. The van der Waals surface area contributed by atoms with Crippen molar-refractivity contribution < 1.29 is 55.4 Å². The molecule has 0 unspecified atom stereocenters. The van der Waals surface area contributed by atoms with Crippen LogP contribution in [0, 0.1) is 0 Å². The van der Waals surface area contributed by atoms with E-state index in [1.54, 1.807) is 107 Å². The Hall–Kier alpha value is -13.0. The number of anilines is 6. The van der Waals surface area contributed by atoms with Crippen molar-refractivity contribution in [2.24, 2.45) is 0 Å². The summed E-state index contributed by atoms with van der Waals surface area (Å²) in [4.78, 5) is 3.45. The summed E-state index contributed by atoms with van der Waals surface area (Å²) < 4.78 is 335. The van der Waals surface area contributed by atoms with Crippen molar-refractivity contribution in [1.29, 1.82) is 0 Å². The van der Waals surface area contributed by atoms with Crippen LogP contribution in [0.5, 0.6) is 0 Å². The van der Waals surface area contributed by atoms with Crippen LogP contribution in [0.25, 0.3) is 149 Å². The highest BCUT2D eigenvalue weighted by Crippen LogP contribution is 2.52. The molecule has 7 nitrogen and oxygen atoms in total. The van der Waals surface area contributed by atoms with Gasteiger partial charge in [0.15, 0.2) is 22.3 Å². The van der Waals surface area contributed by atoms with Gasteiger partial charge in [-0.15, -0.1) is 0 Å². The first-order valence-electron chi connectivity index (χ1n) is 47.9. The fraction of sp³-hybridized carbons (Fsp3) is 0. The van der Waals surface area contributed by atoms with Gasteiger partial charge in [0.2, 0.25) is 0 Å². The lowest BCUT2D eigenvalue weighted by Crippen LogP contribution is -2.61. The maximum Gasteiger partial charge on any atom is 0.252 e. The Kier molecular flexibility index (Phi) is 6.32. The molecule has 0 N–H and O–H groups in total. The molecule has 0 spiro atoms. The zero-order valence-electron chi connectivity index (χ0n) is 84.2. The maximum absolute atomic E-state index is 10.0. The van der Waals surface area contributed by atoms with Crippen LogP contribution >= 0.6 is 0 Å². The molecule has 0 amide bonds. The van der Waals surface area contributed by atoms with Crippen LogP contribution < -0.4 is 26.2 Å². The summed E-state index contributed by atoms with van der Waals surface area (Å²) in [5.74, 6) is 0. The molecule has 8 heteroatoms. The first-order chi connectivity index (χ1) is 62.8. The minimum Gasteiger partial charge on any atom is -0.452 e. The van der Waals surface area contributed by atoms with E-state index in [9.17, 15) is 27.4 Å². The minimum absolute atomic E-state index is 0.0108. The van der Waals surface area contributed by atoms with Gasteiger partial charge in [0.25, 0.3) is 6.71 Å². The van der Waals surface area contributed by atoms with E-state index in [1.165, 1.54) is 38.0 Å². The molecule has 0 atom stereocenters. The molecule has 0 bridgehead atoms. The van der Waals surface area contributed by atoms with E-state index in [2.05, 4.69) is 0 Å². The van der Waals surface area contributed by atoms with Gasteiger partial charge in [0, 0.05) is 76.6 Å². The summed E-state index contributed by atoms with van der Waals surface area (Å²) >= 11 is 0. The molecule has 0 aliphatic carbocycles. The number of benzene rings is 15. The molecule has 0 saturated carbocycles. The average Bonchev–Trinajstić information content (AvgIpc) is 1.24. The fourth-order valence-corrected chi connectivity index (χ4v) is 15.0. The number of fused-ring (bicyclic) bond motifs is 19. The number of rotatable bonds is 7. The number of aromatic nitrogens is 3. The first-order valence-corrected chi connectivity index (χ1v) is 30.9. The lowest BCUT2D eigenvalue weighted by atomic mass is 9.33. The normalized spacial score (nSPS) is 17.7. The third kappa shape index (κ3) is 7.37. The molecule has 0 radical (unpaired) electrons. The van der Waals surface area contributed by atoms with Gasteiger partial charge in [0.1, 0.15) is 0 Å². The minimum atomic E-state index is -1.34. The molecule has 22 rings (SSSR count). The van der Waals surface area contributed by atoms with Gasteiger partial charge in [-0.3, -0.25) is 0 Å². The summed E-state index contributed by atoms with van der Waals surface area (Å²) in [5, 5.41) is -0.350. The van der Waals surface area contributed by atoms with Crippen LogP contribution in [0.2, 0.25) is 0 Å². The van der Waals surface area contributed by atoms with Gasteiger partial charge in [-0.25, -0.2) is 0 Å². The molecular formula is C90H54BN5O2. The van der Waals surface area contributed by atoms with Gasteiger partial charge < -0.3 is 32.3 Å². The van der Waals surface area contributed by atoms with Crippen LogP contribution in [-0.4, -0.2) is 20.4 Å². The molecule has 7 heterocycles. The number of nitrogens with zero attached hydrogens (tertiary/aromatic N) is 5. The third-order valence-electron chi connectivity index (χ3n) is 18.9. The second kappa shape index (κ2) is 20.2.